The lowest BCUT2D eigenvalue weighted by Gasteiger charge is -2.41. The number of likely N-dealkylation sites (tertiary alicyclic amines) is 1. The Labute approximate surface area is 185 Å². The lowest BCUT2D eigenvalue weighted by atomic mass is 10.0. The average Bonchev–Trinajstić information content (AvgIpc) is 3.31. The molecule has 10 heteroatoms. The lowest BCUT2D eigenvalue weighted by Crippen LogP contribution is -2.57. The van der Waals surface area contributed by atoms with E-state index >= 15 is 0 Å². The monoisotopic (exact) mass is 462 g/mol. The van der Waals surface area contributed by atoms with E-state index < -0.39 is 0 Å². The number of hydrogen-bond acceptors (Lipinski definition) is 6. The predicted molar refractivity (Wildman–Crippen MR) is 118 cm³/mol. The molecule has 1 N–H and O–H groups in total. The van der Waals surface area contributed by atoms with Crippen LogP contribution in [0.3, 0.4) is 0 Å². The molecule has 6 nitrogen and oxygen atoms in total. The van der Waals surface area contributed by atoms with E-state index in [9.17, 15) is 9.59 Å². The van der Waals surface area contributed by atoms with Crippen LogP contribution in [0.15, 0.2) is 17.5 Å². The third kappa shape index (κ3) is 4.68. The van der Waals surface area contributed by atoms with Gasteiger partial charge in [-0.25, -0.2) is 4.98 Å². The van der Waals surface area contributed by atoms with Crippen LogP contribution in [0, 0.1) is 6.92 Å². The van der Waals surface area contributed by atoms with E-state index in [1.54, 1.807) is 11.3 Å². The number of piperidine rings is 1. The fraction of sp³-hybridized carbons (Fsp3) is 0.500. The standard InChI is InChI=1S/C18H22N4O2S2.2ClH/c1-12-16(26-17(20-12)14-5-3-9-25-14)18(24)21-7-2-4-13(11-21)22-8-6-19-10-15(22)23;;/h3,5,9,13,19H,2,4,6-8,10-11H2,1H3;2*1H. The number of carbonyl (C=O) groups excluding carboxylic acids is 2. The summed E-state index contributed by atoms with van der Waals surface area (Å²) in [7, 11) is 0. The molecule has 2 fully saturated rings. The number of nitrogens with one attached hydrogen (secondary N) is 1. The van der Waals surface area contributed by atoms with Gasteiger partial charge in [0.1, 0.15) is 9.88 Å². The second-order valence-electron chi connectivity index (χ2n) is 6.72. The molecule has 4 heterocycles. The van der Waals surface area contributed by atoms with Crippen LogP contribution in [-0.4, -0.2) is 65.4 Å². The van der Waals surface area contributed by atoms with E-state index in [-0.39, 0.29) is 42.7 Å². The fourth-order valence-corrected chi connectivity index (χ4v) is 5.48. The number of aromatic nitrogens is 1. The van der Waals surface area contributed by atoms with Gasteiger partial charge >= 0.3 is 0 Å². The van der Waals surface area contributed by atoms with E-state index in [4.69, 9.17) is 0 Å². The maximum Gasteiger partial charge on any atom is 0.265 e. The first-order valence-corrected chi connectivity index (χ1v) is 10.6. The molecule has 0 spiro atoms. The van der Waals surface area contributed by atoms with Gasteiger partial charge in [-0.05, 0) is 31.2 Å². The highest BCUT2D eigenvalue weighted by Crippen LogP contribution is 2.32. The first-order valence-electron chi connectivity index (χ1n) is 8.94. The predicted octanol–water partition coefficient (Wildman–Crippen LogP) is 3.06. The van der Waals surface area contributed by atoms with Gasteiger partial charge in [0.05, 0.1) is 17.1 Å². The SMILES string of the molecule is Cc1nc(-c2cccs2)sc1C(=O)N1CCCC(N2CCNCC2=O)C1.Cl.Cl. The molecular weight excluding hydrogens is 439 g/mol. The molecule has 0 bridgehead atoms. The number of thiophene rings is 1. The van der Waals surface area contributed by atoms with Crippen molar-refractivity contribution in [2.24, 2.45) is 0 Å². The molecule has 1 atom stereocenters. The smallest absolute Gasteiger partial charge is 0.265 e. The quantitative estimate of drug-likeness (QED) is 0.760. The minimum Gasteiger partial charge on any atom is -0.336 e. The zero-order chi connectivity index (χ0) is 18.1. The number of hydrogen-bond donors (Lipinski definition) is 1. The minimum absolute atomic E-state index is 0. The number of amides is 2. The molecule has 28 heavy (non-hydrogen) atoms. The Balaban J connectivity index is 0.00000140. The number of piperazine rings is 1. The van der Waals surface area contributed by atoms with E-state index in [2.05, 4.69) is 10.3 Å². The van der Waals surface area contributed by atoms with Gasteiger partial charge in [-0.2, -0.15) is 0 Å². The number of rotatable bonds is 3. The first kappa shape index (κ1) is 23.1. The van der Waals surface area contributed by atoms with E-state index in [0.29, 0.717) is 13.1 Å². The summed E-state index contributed by atoms with van der Waals surface area (Å²) < 4.78 is 0. The van der Waals surface area contributed by atoms with Gasteiger partial charge in [0, 0.05) is 32.2 Å². The van der Waals surface area contributed by atoms with Gasteiger partial charge in [-0.1, -0.05) is 6.07 Å². The van der Waals surface area contributed by atoms with Gasteiger partial charge in [0.25, 0.3) is 5.91 Å². The number of thiazole rings is 1. The molecule has 2 saturated heterocycles. The van der Waals surface area contributed by atoms with Gasteiger partial charge < -0.3 is 15.1 Å². The van der Waals surface area contributed by atoms with Crippen molar-refractivity contribution >= 4 is 59.3 Å². The Morgan fingerprint density at radius 2 is 2.14 bits per heavy atom. The van der Waals surface area contributed by atoms with Crippen molar-refractivity contribution in [1.82, 2.24) is 20.1 Å². The molecular formula is C18H24Cl2N4O2S2. The lowest BCUT2D eigenvalue weighted by molar-refractivity contribution is -0.135. The highest BCUT2D eigenvalue weighted by Gasteiger charge is 2.33. The summed E-state index contributed by atoms with van der Waals surface area (Å²) in [5.74, 6) is 0.194. The summed E-state index contributed by atoms with van der Waals surface area (Å²) in [6, 6.07) is 4.16. The number of carbonyl (C=O) groups is 2. The molecule has 4 rings (SSSR count). The summed E-state index contributed by atoms with van der Waals surface area (Å²) >= 11 is 3.11. The van der Waals surface area contributed by atoms with Gasteiger partial charge in [-0.15, -0.1) is 47.5 Å². The molecule has 1 unspecified atom stereocenters. The normalized spacial score (nSPS) is 19.8. The van der Waals surface area contributed by atoms with Gasteiger partial charge in [0.2, 0.25) is 5.91 Å². The molecule has 2 amide bonds. The van der Waals surface area contributed by atoms with Gasteiger partial charge in [0.15, 0.2) is 0 Å². The third-order valence-electron chi connectivity index (χ3n) is 4.97. The molecule has 0 aliphatic carbocycles. The van der Waals surface area contributed by atoms with E-state index in [1.807, 2.05) is 34.2 Å². The second kappa shape index (κ2) is 10.0. The molecule has 0 radical (unpaired) electrons. The highest BCUT2D eigenvalue weighted by atomic mass is 35.5. The number of aryl methyl sites for hydroxylation is 1. The Hall–Kier alpha value is -1.19. The molecule has 154 valence electrons. The van der Waals surface area contributed by atoms with Crippen molar-refractivity contribution in [3.05, 3.63) is 28.1 Å². The Kier molecular flexibility index (Phi) is 8.27. The van der Waals surface area contributed by atoms with Crippen LogP contribution in [0.25, 0.3) is 9.88 Å². The molecule has 0 saturated carbocycles. The van der Waals surface area contributed by atoms with E-state index in [0.717, 1.165) is 52.9 Å². The van der Waals surface area contributed by atoms with Crippen molar-refractivity contribution in [2.45, 2.75) is 25.8 Å². The zero-order valence-electron chi connectivity index (χ0n) is 15.6. The summed E-state index contributed by atoms with van der Waals surface area (Å²) in [5, 5.41) is 6.04. The van der Waals surface area contributed by atoms with Crippen molar-refractivity contribution in [3.63, 3.8) is 0 Å². The topological polar surface area (TPSA) is 65.5 Å². The molecule has 2 aliphatic heterocycles. The molecule has 2 aliphatic rings. The van der Waals surface area contributed by atoms with Crippen LogP contribution >= 0.6 is 47.5 Å². The average molecular weight is 463 g/mol. The molecule has 2 aromatic rings. The summed E-state index contributed by atoms with van der Waals surface area (Å²) in [6.07, 6.45) is 1.90. The summed E-state index contributed by atoms with van der Waals surface area (Å²) in [5.41, 5.74) is 0.795. The maximum atomic E-state index is 13.1. The van der Waals surface area contributed by atoms with Crippen molar-refractivity contribution in [1.29, 1.82) is 0 Å². The fourth-order valence-electron chi connectivity index (χ4n) is 3.64. The van der Waals surface area contributed by atoms with Crippen LogP contribution in [0.2, 0.25) is 0 Å². The van der Waals surface area contributed by atoms with Crippen molar-refractivity contribution in [3.8, 4) is 9.88 Å². The highest BCUT2D eigenvalue weighted by molar-refractivity contribution is 7.22. The Morgan fingerprint density at radius 1 is 1.32 bits per heavy atom. The molecule has 2 aromatic heterocycles. The van der Waals surface area contributed by atoms with Crippen LogP contribution < -0.4 is 5.32 Å². The van der Waals surface area contributed by atoms with E-state index in [1.165, 1.54) is 11.3 Å². The van der Waals surface area contributed by atoms with Crippen LogP contribution in [0.1, 0.15) is 28.2 Å². The maximum absolute atomic E-state index is 13.1. The van der Waals surface area contributed by atoms with Crippen LogP contribution in [0.5, 0.6) is 0 Å². The zero-order valence-corrected chi connectivity index (χ0v) is 18.8. The second-order valence-corrected chi connectivity index (χ2v) is 8.67. The first-order chi connectivity index (χ1) is 12.6. The largest absolute Gasteiger partial charge is 0.336 e. The van der Waals surface area contributed by atoms with Gasteiger partial charge in [-0.3, -0.25) is 9.59 Å². The van der Waals surface area contributed by atoms with Crippen LogP contribution in [0.4, 0.5) is 0 Å². The number of nitrogens with zero attached hydrogens (tertiary/aromatic N) is 3. The third-order valence-corrected chi connectivity index (χ3v) is 7.16. The van der Waals surface area contributed by atoms with Crippen LogP contribution in [-0.2, 0) is 4.79 Å². The summed E-state index contributed by atoms with van der Waals surface area (Å²) in [6.45, 7) is 5.24. The Bertz CT molecular complexity index is 813. The summed E-state index contributed by atoms with van der Waals surface area (Å²) in [4.78, 5) is 35.6. The number of halogens is 2. The van der Waals surface area contributed by atoms with Crippen molar-refractivity contribution < 1.29 is 9.59 Å². The van der Waals surface area contributed by atoms with Crippen molar-refractivity contribution in [2.75, 3.05) is 32.7 Å². The minimum atomic E-state index is 0. The Morgan fingerprint density at radius 3 is 2.86 bits per heavy atom. The molecule has 0 aromatic carbocycles.